The van der Waals surface area contributed by atoms with Crippen molar-refractivity contribution < 1.29 is 18.3 Å². The summed E-state index contributed by atoms with van der Waals surface area (Å²) in [6.07, 6.45) is 0. The number of rotatable bonds is 5. The fourth-order valence-electron chi connectivity index (χ4n) is 2.33. The Labute approximate surface area is 174 Å². The Bertz CT molecular complexity index is 1070. The molecule has 0 saturated heterocycles. The van der Waals surface area contributed by atoms with Crippen molar-refractivity contribution in [3.05, 3.63) is 83.9 Å². The van der Waals surface area contributed by atoms with Crippen LogP contribution in [0.2, 0.25) is 0 Å². The highest BCUT2D eigenvalue weighted by molar-refractivity contribution is 7.90. The number of thiol groups is 1. The quantitative estimate of drug-likeness (QED) is 0.311. The molecule has 3 aromatic carbocycles. The molecule has 3 aromatic rings. The van der Waals surface area contributed by atoms with E-state index in [1.54, 1.807) is 0 Å². The molecule has 0 amide bonds. The number of nitrogen functional groups attached to an aromatic ring is 1. The minimum absolute atomic E-state index is 0.0865. The highest BCUT2D eigenvalue weighted by Crippen LogP contribution is 2.29. The number of nitrogens with two attached hydrogens (primary N) is 2. The summed E-state index contributed by atoms with van der Waals surface area (Å²) in [6.45, 7) is 0.390. The molecule has 0 aliphatic heterocycles. The summed E-state index contributed by atoms with van der Waals surface area (Å²) in [5.41, 5.74) is 7.24. The van der Waals surface area contributed by atoms with Gasteiger partial charge in [-0.05, 0) is 29.8 Å². The second-order valence-corrected chi connectivity index (χ2v) is 7.95. The molecule has 0 unspecified atom stereocenters. The van der Waals surface area contributed by atoms with Crippen LogP contribution in [0.15, 0.2) is 82.6 Å². The molecule has 152 valence electrons. The molecule has 0 spiro atoms. The van der Waals surface area contributed by atoms with Crippen LogP contribution in [0.5, 0.6) is 0 Å². The van der Waals surface area contributed by atoms with Crippen LogP contribution >= 0.6 is 12.6 Å². The van der Waals surface area contributed by atoms with E-state index in [-0.39, 0.29) is 21.0 Å². The van der Waals surface area contributed by atoms with E-state index >= 15 is 0 Å². The number of nitrogens with one attached hydrogen (secondary N) is 1. The molecule has 0 atom stereocenters. The lowest BCUT2D eigenvalue weighted by atomic mass is 10.2. The van der Waals surface area contributed by atoms with Crippen molar-refractivity contribution in [3.63, 3.8) is 0 Å². The zero-order chi connectivity index (χ0) is 21.4. The van der Waals surface area contributed by atoms with E-state index in [2.05, 4.69) is 17.9 Å². The lowest BCUT2D eigenvalue weighted by Crippen LogP contribution is -2.15. The number of primary sulfonamides is 1. The molecule has 0 aliphatic rings. The maximum atomic E-state index is 11.6. The van der Waals surface area contributed by atoms with E-state index in [1.807, 2.05) is 60.7 Å². The Kier molecular flexibility index (Phi) is 7.66. The fourth-order valence-corrected chi connectivity index (χ4v) is 3.59. The number of para-hydroxylation sites is 1. The fraction of sp³-hybridized carbons (Fsp3) is 0.0500. The molecule has 29 heavy (non-hydrogen) atoms. The highest BCUT2D eigenvalue weighted by atomic mass is 32.2. The molecule has 0 saturated carbocycles. The normalized spacial score (nSPS) is 10.6. The van der Waals surface area contributed by atoms with Crippen LogP contribution < -0.4 is 16.2 Å². The number of aromatic carboxylic acids is 1. The Morgan fingerprint density at radius 1 is 1.00 bits per heavy atom. The van der Waals surface area contributed by atoms with Crippen molar-refractivity contribution in [2.45, 2.75) is 16.3 Å². The average Bonchev–Trinajstić information content (AvgIpc) is 2.68. The first-order valence-corrected chi connectivity index (χ1v) is 10.4. The molecule has 0 radical (unpaired) electrons. The predicted molar refractivity (Wildman–Crippen MR) is 117 cm³/mol. The summed E-state index contributed by atoms with van der Waals surface area (Å²) in [4.78, 5) is 10.9. The summed E-state index contributed by atoms with van der Waals surface area (Å²) in [7, 11) is -4.07. The molecule has 3 rings (SSSR count). The molecular weight excluding hydrogens is 410 g/mol. The maximum Gasteiger partial charge on any atom is 0.335 e. The first kappa shape index (κ1) is 22.3. The SMILES string of the molecule is NS(=O)(=O)c1cc(C(=O)O)cc(NCc2ccccc2)c1S.Nc1ccccc1. The van der Waals surface area contributed by atoms with Crippen molar-refractivity contribution in [3.8, 4) is 0 Å². The predicted octanol–water partition coefficient (Wildman–Crippen LogP) is 3.20. The number of sulfonamides is 1. The van der Waals surface area contributed by atoms with Gasteiger partial charge in [0.05, 0.1) is 16.1 Å². The van der Waals surface area contributed by atoms with Gasteiger partial charge in [0, 0.05) is 17.1 Å². The zero-order valence-electron chi connectivity index (χ0n) is 15.3. The van der Waals surface area contributed by atoms with Gasteiger partial charge in [-0.1, -0.05) is 48.5 Å². The van der Waals surface area contributed by atoms with Crippen molar-refractivity contribution in [1.29, 1.82) is 0 Å². The second-order valence-electron chi connectivity index (χ2n) is 5.97. The standard InChI is InChI=1S/C14H14N2O4S2.C6H7N/c15-22(19,20)12-7-10(14(17)18)6-11(13(12)21)16-8-9-4-2-1-3-5-9;7-6-4-2-1-3-5-6/h1-7,16,21H,8H2,(H,17,18)(H2,15,19,20);1-5H,7H2. The topological polar surface area (TPSA) is 136 Å². The van der Waals surface area contributed by atoms with Gasteiger partial charge in [-0.3, -0.25) is 0 Å². The van der Waals surface area contributed by atoms with Gasteiger partial charge in [0.1, 0.15) is 0 Å². The van der Waals surface area contributed by atoms with Crippen molar-refractivity contribution in [2.24, 2.45) is 5.14 Å². The Balaban J connectivity index is 0.000000360. The molecule has 0 fully saturated rings. The van der Waals surface area contributed by atoms with Crippen molar-refractivity contribution in [1.82, 2.24) is 0 Å². The monoisotopic (exact) mass is 431 g/mol. The van der Waals surface area contributed by atoms with Crippen LogP contribution in [0.3, 0.4) is 0 Å². The molecule has 0 heterocycles. The lowest BCUT2D eigenvalue weighted by Gasteiger charge is -2.13. The third-order valence-corrected chi connectivity index (χ3v) is 5.32. The summed E-state index contributed by atoms with van der Waals surface area (Å²) in [5.74, 6) is -1.25. The Hall–Kier alpha value is -3.01. The second kappa shape index (κ2) is 9.97. The van der Waals surface area contributed by atoms with Gasteiger partial charge in [-0.25, -0.2) is 18.4 Å². The van der Waals surface area contributed by atoms with E-state index in [0.717, 1.165) is 17.3 Å². The Morgan fingerprint density at radius 3 is 2.00 bits per heavy atom. The minimum Gasteiger partial charge on any atom is -0.478 e. The highest BCUT2D eigenvalue weighted by Gasteiger charge is 2.19. The van der Waals surface area contributed by atoms with E-state index < -0.39 is 16.0 Å². The third kappa shape index (κ3) is 6.83. The largest absolute Gasteiger partial charge is 0.478 e. The van der Waals surface area contributed by atoms with Gasteiger partial charge in [-0.2, -0.15) is 0 Å². The van der Waals surface area contributed by atoms with E-state index in [1.165, 1.54) is 6.07 Å². The number of hydrogen-bond donors (Lipinski definition) is 5. The lowest BCUT2D eigenvalue weighted by molar-refractivity contribution is 0.0696. The van der Waals surface area contributed by atoms with Gasteiger partial charge in [0.2, 0.25) is 10.0 Å². The molecule has 6 N–H and O–H groups in total. The summed E-state index contributed by atoms with van der Waals surface area (Å²) < 4.78 is 23.1. The first-order valence-electron chi connectivity index (χ1n) is 8.40. The van der Waals surface area contributed by atoms with Crippen LogP contribution in [-0.2, 0) is 16.6 Å². The molecule has 9 heteroatoms. The van der Waals surface area contributed by atoms with Crippen LogP contribution in [0.4, 0.5) is 11.4 Å². The van der Waals surface area contributed by atoms with Crippen LogP contribution in [-0.4, -0.2) is 19.5 Å². The number of benzene rings is 3. The minimum atomic E-state index is -4.07. The maximum absolute atomic E-state index is 11.6. The van der Waals surface area contributed by atoms with E-state index in [9.17, 15) is 13.2 Å². The Morgan fingerprint density at radius 2 is 1.55 bits per heavy atom. The zero-order valence-corrected chi connectivity index (χ0v) is 17.0. The van der Waals surface area contributed by atoms with Crippen molar-refractivity contribution in [2.75, 3.05) is 11.1 Å². The van der Waals surface area contributed by atoms with Gasteiger partial charge in [0.15, 0.2) is 0 Å². The van der Waals surface area contributed by atoms with Gasteiger partial charge in [0.25, 0.3) is 0 Å². The van der Waals surface area contributed by atoms with Gasteiger partial charge in [-0.15, -0.1) is 12.6 Å². The molecule has 7 nitrogen and oxygen atoms in total. The number of carboxylic acid groups (broad SMARTS) is 1. The summed E-state index contributed by atoms with van der Waals surface area (Å²) in [5, 5.41) is 17.2. The van der Waals surface area contributed by atoms with E-state index in [0.29, 0.717) is 6.54 Å². The number of anilines is 2. The average molecular weight is 432 g/mol. The number of carboxylic acids is 1. The molecule has 0 aromatic heterocycles. The van der Waals surface area contributed by atoms with Crippen LogP contribution in [0, 0.1) is 0 Å². The summed E-state index contributed by atoms with van der Waals surface area (Å²) in [6, 6.07) is 21.2. The summed E-state index contributed by atoms with van der Waals surface area (Å²) >= 11 is 4.15. The first-order chi connectivity index (χ1) is 13.7. The third-order valence-electron chi connectivity index (χ3n) is 3.75. The van der Waals surface area contributed by atoms with Crippen molar-refractivity contribution >= 4 is 40.0 Å². The molecule has 0 aliphatic carbocycles. The van der Waals surface area contributed by atoms with Crippen LogP contribution in [0.1, 0.15) is 15.9 Å². The van der Waals surface area contributed by atoms with Gasteiger partial charge >= 0.3 is 5.97 Å². The van der Waals surface area contributed by atoms with Crippen LogP contribution in [0.25, 0.3) is 0 Å². The number of carbonyl (C=O) groups is 1. The van der Waals surface area contributed by atoms with Gasteiger partial charge < -0.3 is 16.2 Å². The smallest absolute Gasteiger partial charge is 0.335 e. The molecule has 0 bridgehead atoms. The molecular formula is C20H21N3O4S2. The number of hydrogen-bond acceptors (Lipinski definition) is 6. The van der Waals surface area contributed by atoms with E-state index in [4.69, 9.17) is 16.0 Å².